The monoisotopic (exact) mass is 354 g/mol. The molecule has 0 aliphatic carbocycles. The molecule has 26 heavy (non-hydrogen) atoms. The third kappa shape index (κ3) is 3.75. The zero-order valence-corrected chi connectivity index (χ0v) is 14.8. The Kier molecular flexibility index (Phi) is 4.92. The van der Waals surface area contributed by atoms with Gasteiger partial charge in [-0.15, -0.1) is 0 Å². The number of nitrogens with one attached hydrogen (secondary N) is 1. The molecule has 3 heterocycles. The first-order chi connectivity index (χ1) is 12.8. The Morgan fingerprint density at radius 1 is 1.12 bits per heavy atom. The highest BCUT2D eigenvalue weighted by atomic mass is 16.6. The summed E-state index contributed by atoms with van der Waals surface area (Å²) in [7, 11) is 2.00. The van der Waals surface area contributed by atoms with E-state index in [1.165, 1.54) is 6.42 Å². The first-order valence-corrected chi connectivity index (χ1v) is 8.90. The predicted octanol–water partition coefficient (Wildman–Crippen LogP) is 2.63. The first-order valence-electron chi connectivity index (χ1n) is 8.90. The molecule has 1 atom stereocenters. The van der Waals surface area contributed by atoms with Gasteiger partial charge in [-0.3, -0.25) is 0 Å². The zero-order valence-electron chi connectivity index (χ0n) is 14.8. The summed E-state index contributed by atoms with van der Waals surface area (Å²) in [6.07, 6.45) is 3.62. The van der Waals surface area contributed by atoms with E-state index in [0.29, 0.717) is 23.7 Å². The molecule has 2 aromatic heterocycles. The highest BCUT2D eigenvalue weighted by Crippen LogP contribution is 2.25. The summed E-state index contributed by atoms with van der Waals surface area (Å²) in [4.78, 5) is 11.2. The Hall–Kier alpha value is -2.74. The molecule has 0 amide bonds. The predicted molar refractivity (Wildman–Crippen MR) is 98.0 cm³/mol. The Labute approximate surface area is 151 Å². The van der Waals surface area contributed by atoms with Crippen molar-refractivity contribution >= 4 is 22.9 Å². The number of hydrogen-bond donors (Lipinski definition) is 1. The summed E-state index contributed by atoms with van der Waals surface area (Å²) in [5.74, 6) is 1.38. The van der Waals surface area contributed by atoms with Crippen LogP contribution in [0.3, 0.4) is 0 Å². The van der Waals surface area contributed by atoms with Crippen molar-refractivity contribution in [3.05, 3.63) is 35.9 Å². The van der Waals surface area contributed by atoms with Gasteiger partial charge in [0.2, 0.25) is 11.3 Å². The minimum absolute atomic E-state index is 0.212. The molecular weight excluding hydrogens is 332 g/mol. The lowest BCUT2D eigenvalue weighted by Crippen LogP contribution is -2.34. The second-order valence-corrected chi connectivity index (χ2v) is 6.52. The standard InChI is InChI=1S/C18H22N6O2/c1-24(12-14-9-5-6-10-25-14)18-17(19-11-13-7-3-2-4-8-13)20-15-16(21-18)23-26-22-15/h2-4,7-8,14H,5-6,9-12H2,1H3,(H,19,20,22)/t14-/m0/s1. The first kappa shape index (κ1) is 16.7. The number of hydrogen-bond acceptors (Lipinski definition) is 8. The van der Waals surface area contributed by atoms with Crippen LogP contribution in [0.15, 0.2) is 35.0 Å². The van der Waals surface area contributed by atoms with E-state index in [9.17, 15) is 0 Å². The number of ether oxygens (including phenoxy) is 1. The van der Waals surface area contributed by atoms with E-state index in [1.54, 1.807) is 0 Å². The minimum Gasteiger partial charge on any atom is -0.376 e. The van der Waals surface area contributed by atoms with Gasteiger partial charge in [-0.05, 0) is 35.1 Å². The number of rotatable bonds is 6. The van der Waals surface area contributed by atoms with Gasteiger partial charge in [-0.1, -0.05) is 30.3 Å². The maximum Gasteiger partial charge on any atom is 0.245 e. The maximum absolute atomic E-state index is 5.85. The Morgan fingerprint density at radius 2 is 1.92 bits per heavy atom. The fourth-order valence-corrected chi connectivity index (χ4v) is 3.14. The molecule has 4 rings (SSSR count). The van der Waals surface area contributed by atoms with Gasteiger partial charge in [-0.25, -0.2) is 14.6 Å². The lowest BCUT2D eigenvalue weighted by atomic mass is 10.1. The normalized spacial score (nSPS) is 17.3. The summed E-state index contributed by atoms with van der Waals surface area (Å²) in [5.41, 5.74) is 1.96. The minimum atomic E-state index is 0.212. The van der Waals surface area contributed by atoms with Gasteiger partial charge in [0, 0.05) is 26.7 Å². The highest BCUT2D eigenvalue weighted by Gasteiger charge is 2.21. The molecule has 136 valence electrons. The third-order valence-corrected chi connectivity index (χ3v) is 4.51. The van der Waals surface area contributed by atoms with Gasteiger partial charge in [-0.2, -0.15) is 0 Å². The quantitative estimate of drug-likeness (QED) is 0.723. The molecule has 0 saturated carbocycles. The van der Waals surface area contributed by atoms with Crippen molar-refractivity contribution in [2.75, 3.05) is 30.4 Å². The van der Waals surface area contributed by atoms with Crippen LogP contribution in [0.2, 0.25) is 0 Å². The van der Waals surface area contributed by atoms with Crippen LogP contribution in [0.5, 0.6) is 0 Å². The summed E-state index contributed by atoms with van der Waals surface area (Å²) >= 11 is 0. The average Bonchev–Trinajstić information content (AvgIpc) is 3.14. The smallest absolute Gasteiger partial charge is 0.245 e. The van der Waals surface area contributed by atoms with Gasteiger partial charge in [0.15, 0.2) is 11.6 Å². The molecule has 0 radical (unpaired) electrons. The molecule has 0 unspecified atom stereocenters. The second-order valence-electron chi connectivity index (χ2n) is 6.52. The second kappa shape index (κ2) is 7.65. The zero-order chi connectivity index (χ0) is 17.8. The fraction of sp³-hybridized carbons (Fsp3) is 0.444. The maximum atomic E-state index is 5.85. The van der Waals surface area contributed by atoms with Gasteiger partial charge in [0.1, 0.15) is 0 Å². The molecule has 1 aliphatic rings. The van der Waals surface area contributed by atoms with E-state index in [2.05, 4.69) is 42.6 Å². The molecule has 0 spiro atoms. The average molecular weight is 354 g/mol. The van der Waals surface area contributed by atoms with Crippen molar-refractivity contribution in [1.82, 2.24) is 20.3 Å². The van der Waals surface area contributed by atoms with Crippen molar-refractivity contribution in [2.24, 2.45) is 0 Å². The van der Waals surface area contributed by atoms with E-state index in [0.717, 1.165) is 37.4 Å². The summed E-state index contributed by atoms with van der Waals surface area (Å²) in [6.45, 7) is 2.23. The van der Waals surface area contributed by atoms with Crippen molar-refractivity contribution in [3.8, 4) is 0 Å². The molecule has 1 aromatic carbocycles. The molecule has 1 fully saturated rings. The molecule has 0 bridgehead atoms. The largest absolute Gasteiger partial charge is 0.376 e. The summed E-state index contributed by atoms with van der Waals surface area (Å²) in [5, 5.41) is 11.0. The lowest BCUT2D eigenvalue weighted by molar-refractivity contribution is 0.0215. The van der Waals surface area contributed by atoms with Gasteiger partial charge in [0.05, 0.1) is 6.10 Å². The highest BCUT2D eigenvalue weighted by molar-refractivity contribution is 5.73. The van der Waals surface area contributed by atoms with Crippen molar-refractivity contribution < 1.29 is 9.37 Å². The number of likely N-dealkylation sites (N-methyl/N-ethyl adjacent to an activating group) is 1. The van der Waals surface area contributed by atoms with Gasteiger partial charge >= 0.3 is 0 Å². The SMILES string of the molecule is CN(C[C@@H]1CCCCO1)c1nc2nonc2nc1NCc1ccccc1. The van der Waals surface area contributed by atoms with E-state index in [-0.39, 0.29) is 6.10 Å². The molecule has 1 aliphatic heterocycles. The van der Waals surface area contributed by atoms with Gasteiger partial charge in [0.25, 0.3) is 0 Å². The van der Waals surface area contributed by atoms with Crippen molar-refractivity contribution in [1.29, 1.82) is 0 Å². The molecular formula is C18H22N6O2. The molecule has 8 nitrogen and oxygen atoms in total. The lowest BCUT2D eigenvalue weighted by Gasteiger charge is -2.28. The fourth-order valence-electron chi connectivity index (χ4n) is 3.14. The Bertz CT molecular complexity index is 847. The topological polar surface area (TPSA) is 89.2 Å². The number of fused-ring (bicyclic) bond motifs is 1. The number of nitrogens with zero attached hydrogens (tertiary/aromatic N) is 5. The van der Waals surface area contributed by atoms with Crippen molar-refractivity contribution in [3.63, 3.8) is 0 Å². The van der Waals surface area contributed by atoms with E-state index < -0.39 is 0 Å². The molecule has 1 saturated heterocycles. The van der Waals surface area contributed by atoms with Crippen molar-refractivity contribution in [2.45, 2.75) is 31.9 Å². The number of aromatic nitrogens is 4. The van der Waals surface area contributed by atoms with Crippen LogP contribution in [-0.2, 0) is 11.3 Å². The summed E-state index contributed by atoms with van der Waals surface area (Å²) in [6, 6.07) is 10.2. The molecule has 1 N–H and O–H groups in total. The molecule has 8 heteroatoms. The third-order valence-electron chi connectivity index (χ3n) is 4.51. The number of anilines is 2. The van der Waals surface area contributed by atoms with Crippen LogP contribution >= 0.6 is 0 Å². The van der Waals surface area contributed by atoms with Crippen LogP contribution in [-0.4, -0.2) is 46.6 Å². The van der Waals surface area contributed by atoms with Gasteiger partial charge < -0.3 is 15.0 Å². The van der Waals surface area contributed by atoms with E-state index in [4.69, 9.17) is 9.37 Å². The Morgan fingerprint density at radius 3 is 2.69 bits per heavy atom. The van der Waals surface area contributed by atoms with Crippen LogP contribution in [0, 0.1) is 0 Å². The van der Waals surface area contributed by atoms with Crippen LogP contribution in [0.1, 0.15) is 24.8 Å². The number of benzene rings is 1. The van der Waals surface area contributed by atoms with Crippen LogP contribution < -0.4 is 10.2 Å². The van der Waals surface area contributed by atoms with E-state index in [1.807, 2.05) is 25.2 Å². The van der Waals surface area contributed by atoms with Crippen LogP contribution in [0.4, 0.5) is 11.6 Å². The summed E-state index contributed by atoms with van der Waals surface area (Å²) < 4.78 is 10.6. The molecule has 3 aromatic rings. The van der Waals surface area contributed by atoms with E-state index >= 15 is 0 Å². The van der Waals surface area contributed by atoms with Crippen LogP contribution in [0.25, 0.3) is 11.3 Å². The Balaban J connectivity index is 1.56.